The molecule has 1 aromatic carbocycles. The van der Waals surface area contributed by atoms with Crippen molar-refractivity contribution >= 4 is 17.5 Å². The van der Waals surface area contributed by atoms with Crippen LogP contribution in [0.4, 0.5) is 5.69 Å². The molecule has 0 unspecified atom stereocenters. The van der Waals surface area contributed by atoms with Crippen molar-refractivity contribution in [1.29, 1.82) is 0 Å². The van der Waals surface area contributed by atoms with Crippen molar-refractivity contribution in [3.63, 3.8) is 0 Å². The lowest BCUT2D eigenvalue weighted by Crippen LogP contribution is -2.38. The predicted molar refractivity (Wildman–Crippen MR) is 81.0 cm³/mol. The monoisotopic (exact) mass is 290 g/mol. The summed E-state index contributed by atoms with van der Waals surface area (Å²) in [5.41, 5.74) is 3.07. The first-order valence-electron chi connectivity index (χ1n) is 7.45. The molecule has 1 aliphatic rings. The summed E-state index contributed by atoms with van der Waals surface area (Å²) in [7, 11) is 0. The minimum atomic E-state index is -0.643. The molecule has 1 aromatic rings. The van der Waals surface area contributed by atoms with Crippen LogP contribution in [0, 0.1) is 0 Å². The molecule has 2 rings (SSSR count). The van der Waals surface area contributed by atoms with Gasteiger partial charge in [0, 0.05) is 18.8 Å². The summed E-state index contributed by atoms with van der Waals surface area (Å²) in [5.74, 6) is -1.22. The van der Waals surface area contributed by atoms with Gasteiger partial charge in [-0.2, -0.15) is 0 Å². The number of likely N-dealkylation sites (tertiary alicyclic amines) is 1. The number of carbonyl (C=O) groups excluding carboxylic acids is 2. The summed E-state index contributed by atoms with van der Waals surface area (Å²) in [6.07, 6.45) is 1.85. The van der Waals surface area contributed by atoms with Gasteiger partial charge in [0.15, 0.2) is 0 Å². The highest BCUT2D eigenvalue weighted by atomic mass is 16.3. The Morgan fingerprint density at radius 1 is 1.29 bits per heavy atom. The number of hydrogen-bond donors (Lipinski definition) is 2. The van der Waals surface area contributed by atoms with Gasteiger partial charge in [0.05, 0.1) is 6.10 Å². The van der Waals surface area contributed by atoms with Crippen molar-refractivity contribution in [2.45, 2.75) is 39.2 Å². The van der Waals surface area contributed by atoms with E-state index in [1.807, 2.05) is 18.2 Å². The number of rotatable bonds is 3. The van der Waals surface area contributed by atoms with Crippen molar-refractivity contribution in [3.05, 3.63) is 29.3 Å². The molecule has 1 heterocycles. The van der Waals surface area contributed by atoms with Crippen molar-refractivity contribution in [3.8, 4) is 0 Å². The molecule has 1 fully saturated rings. The fraction of sp³-hybridized carbons (Fsp3) is 0.500. The van der Waals surface area contributed by atoms with Crippen molar-refractivity contribution in [2.75, 3.05) is 18.4 Å². The maximum atomic E-state index is 12.0. The van der Waals surface area contributed by atoms with Crippen LogP contribution >= 0.6 is 0 Å². The van der Waals surface area contributed by atoms with Crippen molar-refractivity contribution < 1.29 is 14.7 Å². The summed E-state index contributed by atoms with van der Waals surface area (Å²) in [5, 5.41) is 12.1. The lowest BCUT2D eigenvalue weighted by Gasteiger charge is -2.15. The fourth-order valence-corrected chi connectivity index (χ4v) is 2.63. The number of amides is 2. The maximum absolute atomic E-state index is 12.0. The van der Waals surface area contributed by atoms with Crippen LogP contribution in [0.5, 0.6) is 0 Å². The standard InChI is InChI=1S/C16H22N2O3/c1-3-11-5-6-13(9-12(11)4-2)17-15(20)16(21)18-8-7-14(19)10-18/h5-6,9,14,19H,3-4,7-8,10H2,1-2H3,(H,17,20)/t14-/m1/s1. The van der Waals surface area contributed by atoms with E-state index in [1.165, 1.54) is 16.0 Å². The van der Waals surface area contributed by atoms with Gasteiger partial charge in [-0.05, 0) is 42.5 Å². The van der Waals surface area contributed by atoms with Gasteiger partial charge in [-0.1, -0.05) is 19.9 Å². The first-order chi connectivity index (χ1) is 10.0. The Labute approximate surface area is 125 Å². The van der Waals surface area contributed by atoms with Crippen molar-refractivity contribution in [2.24, 2.45) is 0 Å². The minimum Gasteiger partial charge on any atom is -0.391 e. The number of β-amino-alcohol motifs (C(OH)–C–C–N with tert-alkyl or cyclic N) is 1. The molecular weight excluding hydrogens is 268 g/mol. The Kier molecular flexibility index (Phi) is 4.96. The van der Waals surface area contributed by atoms with Gasteiger partial charge in [0.2, 0.25) is 0 Å². The van der Waals surface area contributed by atoms with Gasteiger partial charge >= 0.3 is 11.8 Å². The normalized spacial score (nSPS) is 17.9. The third-order valence-electron chi connectivity index (χ3n) is 3.87. The summed E-state index contributed by atoms with van der Waals surface area (Å²) in [6.45, 7) is 4.83. The van der Waals surface area contributed by atoms with E-state index >= 15 is 0 Å². The van der Waals surface area contributed by atoms with E-state index in [0.717, 1.165) is 12.8 Å². The number of benzene rings is 1. The Bertz CT molecular complexity index is 542. The second-order valence-corrected chi connectivity index (χ2v) is 5.34. The molecular formula is C16H22N2O3. The van der Waals surface area contributed by atoms with E-state index in [9.17, 15) is 14.7 Å². The van der Waals surface area contributed by atoms with E-state index < -0.39 is 17.9 Å². The fourth-order valence-electron chi connectivity index (χ4n) is 2.63. The lowest BCUT2D eigenvalue weighted by molar-refractivity contribution is -0.142. The van der Waals surface area contributed by atoms with Gasteiger partial charge in [-0.25, -0.2) is 0 Å². The summed E-state index contributed by atoms with van der Waals surface area (Å²) in [4.78, 5) is 25.3. The van der Waals surface area contributed by atoms with Crippen LogP contribution in [0.25, 0.3) is 0 Å². The van der Waals surface area contributed by atoms with Crippen LogP contribution in [-0.2, 0) is 22.4 Å². The third-order valence-corrected chi connectivity index (χ3v) is 3.87. The van der Waals surface area contributed by atoms with Crippen LogP contribution in [0.2, 0.25) is 0 Å². The zero-order chi connectivity index (χ0) is 15.4. The second kappa shape index (κ2) is 6.72. The highest BCUT2D eigenvalue weighted by Gasteiger charge is 2.28. The van der Waals surface area contributed by atoms with Gasteiger partial charge in [-0.15, -0.1) is 0 Å². The molecule has 1 saturated heterocycles. The van der Waals surface area contributed by atoms with Gasteiger partial charge in [0.1, 0.15) is 0 Å². The summed E-state index contributed by atoms with van der Waals surface area (Å²) < 4.78 is 0. The Morgan fingerprint density at radius 3 is 2.57 bits per heavy atom. The number of anilines is 1. The molecule has 5 heteroatoms. The smallest absolute Gasteiger partial charge is 0.313 e. The van der Waals surface area contributed by atoms with Crippen LogP contribution in [0.15, 0.2) is 18.2 Å². The van der Waals surface area contributed by atoms with Gasteiger partial charge in [0.25, 0.3) is 0 Å². The number of nitrogens with one attached hydrogen (secondary N) is 1. The zero-order valence-electron chi connectivity index (χ0n) is 12.6. The van der Waals surface area contributed by atoms with Gasteiger partial charge < -0.3 is 15.3 Å². The molecule has 1 atom stereocenters. The summed E-state index contributed by atoms with van der Waals surface area (Å²) in [6, 6.07) is 5.73. The van der Waals surface area contributed by atoms with Crippen LogP contribution < -0.4 is 5.32 Å². The van der Waals surface area contributed by atoms with E-state index in [0.29, 0.717) is 18.7 Å². The average molecular weight is 290 g/mol. The molecule has 0 aromatic heterocycles. The number of hydrogen-bond acceptors (Lipinski definition) is 3. The number of nitrogens with zero attached hydrogens (tertiary/aromatic N) is 1. The molecule has 5 nitrogen and oxygen atoms in total. The third kappa shape index (κ3) is 3.61. The lowest BCUT2D eigenvalue weighted by atomic mass is 10.0. The highest BCUT2D eigenvalue weighted by Crippen LogP contribution is 2.18. The number of aliphatic hydroxyl groups is 1. The molecule has 0 saturated carbocycles. The summed E-state index contributed by atoms with van der Waals surface area (Å²) >= 11 is 0. The quantitative estimate of drug-likeness (QED) is 0.825. The second-order valence-electron chi connectivity index (χ2n) is 5.34. The van der Waals surface area contributed by atoms with Crippen LogP contribution in [0.3, 0.4) is 0 Å². The molecule has 1 aliphatic heterocycles. The van der Waals surface area contributed by atoms with E-state index in [1.54, 1.807) is 0 Å². The molecule has 21 heavy (non-hydrogen) atoms. The minimum absolute atomic E-state index is 0.237. The number of aryl methyl sites for hydroxylation is 2. The first kappa shape index (κ1) is 15.5. The Balaban J connectivity index is 2.04. The molecule has 0 radical (unpaired) electrons. The maximum Gasteiger partial charge on any atom is 0.313 e. The largest absolute Gasteiger partial charge is 0.391 e. The molecule has 2 N–H and O–H groups in total. The SMILES string of the molecule is CCc1ccc(NC(=O)C(=O)N2CC[C@@H](O)C2)cc1CC. The average Bonchev–Trinajstić information content (AvgIpc) is 2.92. The first-order valence-corrected chi connectivity index (χ1v) is 7.45. The predicted octanol–water partition coefficient (Wildman–Crippen LogP) is 1.34. The zero-order valence-corrected chi connectivity index (χ0v) is 12.6. The van der Waals surface area contributed by atoms with E-state index in [4.69, 9.17) is 0 Å². The van der Waals surface area contributed by atoms with Crippen LogP contribution in [0.1, 0.15) is 31.4 Å². The molecule has 0 spiro atoms. The Morgan fingerprint density at radius 2 is 2.00 bits per heavy atom. The number of aliphatic hydroxyl groups excluding tert-OH is 1. The van der Waals surface area contributed by atoms with E-state index in [2.05, 4.69) is 19.2 Å². The Hall–Kier alpha value is -1.88. The molecule has 114 valence electrons. The molecule has 0 aliphatic carbocycles. The molecule has 2 amide bonds. The van der Waals surface area contributed by atoms with Crippen LogP contribution in [-0.4, -0.2) is 41.0 Å². The highest BCUT2D eigenvalue weighted by molar-refractivity contribution is 6.39. The molecule has 0 bridgehead atoms. The van der Waals surface area contributed by atoms with Gasteiger partial charge in [-0.3, -0.25) is 9.59 Å². The van der Waals surface area contributed by atoms with E-state index in [-0.39, 0.29) is 6.54 Å². The van der Waals surface area contributed by atoms with Crippen molar-refractivity contribution in [1.82, 2.24) is 4.90 Å². The topological polar surface area (TPSA) is 69.6 Å². The number of carbonyl (C=O) groups is 2.